The first-order chi connectivity index (χ1) is 7.53. The van der Waals surface area contributed by atoms with Crippen molar-refractivity contribution in [3.8, 4) is 0 Å². The van der Waals surface area contributed by atoms with Gasteiger partial charge in [-0.25, -0.2) is 0 Å². The molecular weight excluding hydrogens is 204 g/mol. The molecule has 92 valence electrons. The van der Waals surface area contributed by atoms with Crippen LogP contribution in [0.1, 0.15) is 41.5 Å². The van der Waals surface area contributed by atoms with Gasteiger partial charge in [-0.05, 0) is 59.8 Å². The summed E-state index contributed by atoms with van der Waals surface area (Å²) in [7, 11) is 0. The van der Waals surface area contributed by atoms with E-state index in [1.807, 2.05) is 59.8 Å². The molecule has 0 aromatic heterocycles. The van der Waals surface area contributed by atoms with Gasteiger partial charge in [0.25, 0.3) is 0 Å². The second-order valence-corrected chi connectivity index (χ2v) is 3.34. The summed E-state index contributed by atoms with van der Waals surface area (Å²) < 4.78 is 16.4. The molecule has 3 nitrogen and oxygen atoms in total. The van der Waals surface area contributed by atoms with Gasteiger partial charge in [0, 0.05) is 0 Å². The summed E-state index contributed by atoms with van der Waals surface area (Å²) in [4.78, 5) is 0. The van der Waals surface area contributed by atoms with Crippen LogP contribution in [0.3, 0.4) is 0 Å². The second-order valence-electron chi connectivity index (χ2n) is 3.34. The third-order valence-electron chi connectivity index (χ3n) is 2.07. The van der Waals surface area contributed by atoms with E-state index in [2.05, 4.69) is 0 Å². The monoisotopic (exact) mass is 226 g/mol. The smallest absolute Gasteiger partial charge is 0.405 e. The van der Waals surface area contributed by atoms with Gasteiger partial charge in [0.15, 0.2) is 0 Å². The summed E-state index contributed by atoms with van der Waals surface area (Å²) in [6, 6.07) is 0. The molecule has 0 rings (SSSR count). The van der Waals surface area contributed by atoms with E-state index in [4.69, 9.17) is 14.2 Å². The average molecular weight is 226 g/mol. The normalized spacial score (nSPS) is 14.1. The molecule has 0 spiro atoms. The van der Waals surface area contributed by atoms with Crippen molar-refractivity contribution in [3.05, 3.63) is 35.5 Å². The first-order valence-electron chi connectivity index (χ1n) is 5.42. The van der Waals surface area contributed by atoms with Crippen molar-refractivity contribution in [1.82, 2.24) is 0 Å². The van der Waals surface area contributed by atoms with Crippen molar-refractivity contribution in [1.29, 1.82) is 0 Å². The van der Waals surface area contributed by atoms with Crippen LogP contribution < -0.4 is 0 Å². The Balaban J connectivity index is 4.50. The summed E-state index contributed by atoms with van der Waals surface area (Å²) >= 11 is 0. The van der Waals surface area contributed by atoms with Crippen LogP contribution in [0.4, 0.5) is 0 Å². The topological polar surface area (TPSA) is 27.7 Å². The zero-order chi connectivity index (χ0) is 12.6. The lowest BCUT2D eigenvalue weighted by Gasteiger charge is -2.21. The van der Waals surface area contributed by atoms with Crippen LogP contribution >= 0.6 is 0 Å². The van der Waals surface area contributed by atoms with E-state index in [0.29, 0.717) is 0 Å². The first-order valence-corrected chi connectivity index (χ1v) is 5.42. The second kappa shape index (κ2) is 7.85. The Bertz CT molecular complexity index is 240. The fourth-order valence-electron chi connectivity index (χ4n) is 0.732. The number of hydrogen-bond acceptors (Lipinski definition) is 3. The van der Waals surface area contributed by atoms with Gasteiger partial charge in [-0.15, -0.1) is 0 Å². The van der Waals surface area contributed by atoms with E-state index in [-0.39, 0.29) is 0 Å². The maximum absolute atomic E-state index is 5.48. The quantitative estimate of drug-likeness (QED) is 0.504. The number of ether oxygens (including phenoxy) is 3. The minimum Gasteiger partial charge on any atom is -0.428 e. The Morgan fingerprint density at radius 1 is 0.688 bits per heavy atom. The molecule has 0 atom stereocenters. The molecule has 0 aromatic rings. The molecule has 0 saturated carbocycles. The molecule has 0 bridgehead atoms. The van der Waals surface area contributed by atoms with Crippen molar-refractivity contribution >= 4 is 0 Å². The lowest BCUT2D eigenvalue weighted by atomic mass is 10.5. The standard InChI is InChI=1S/C13H22O3/c1-7-10(4)14-13(15-11(5)8-2)16-12(6)9-3/h7-9,13H,1-6H3/b10-7+,11-8+,12-9+. The molecule has 0 aliphatic carbocycles. The van der Waals surface area contributed by atoms with Crippen LogP contribution in [0.2, 0.25) is 0 Å². The van der Waals surface area contributed by atoms with Crippen LogP contribution in [0.25, 0.3) is 0 Å². The molecule has 0 aromatic carbocycles. The minimum absolute atomic E-state index is 0.733. The lowest BCUT2D eigenvalue weighted by molar-refractivity contribution is -0.234. The molecule has 3 heteroatoms. The average Bonchev–Trinajstić information content (AvgIpc) is 2.28. The summed E-state index contributed by atoms with van der Waals surface area (Å²) in [6.45, 7) is 10.5. The molecule has 0 N–H and O–H groups in total. The molecule has 0 saturated heterocycles. The van der Waals surface area contributed by atoms with Crippen molar-refractivity contribution in [2.75, 3.05) is 0 Å². The maximum Gasteiger partial charge on any atom is 0.405 e. The molecule has 0 fully saturated rings. The van der Waals surface area contributed by atoms with Gasteiger partial charge in [-0.2, -0.15) is 0 Å². The maximum atomic E-state index is 5.48. The number of rotatable bonds is 6. The Morgan fingerprint density at radius 3 is 1.12 bits per heavy atom. The highest BCUT2D eigenvalue weighted by atomic mass is 16.8. The Hall–Kier alpha value is -1.38. The van der Waals surface area contributed by atoms with Crippen LogP contribution in [-0.4, -0.2) is 6.48 Å². The fourth-order valence-corrected chi connectivity index (χ4v) is 0.732. The van der Waals surface area contributed by atoms with Gasteiger partial charge in [0.2, 0.25) is 0 Å². The van der Waals surface area contributed by atoms with Crippen LogP contribution in [0.15, 0.2) is 35.5 Å². The molecule has 0 amide bonds. The van der Waals surface area contributed by atoms with Crippen LogP contribution in [0.5, 0.6) is 0 Å². The van der Waals surface area contributed by atoms with Crippen LogP contribution in [-0.2, 0) is 14.2 Å². The van der Waals surface area contributed by atoms with Gasteiger partial charge in [-0.1, -0.05) is 0 Å². The highest BCUT2D eigenvalue weighted by molar-refractivity contribution is 4.89. The first kappa shape index (κ1) is 14.6. The summed E-state index contributed by atoms with van der Waals surface area (Å²) in [5.41, 5.74) is 0. The lowest BCUT2D eigenvalue weighted by Crippen LogP contribution is -2.19. The Kier molecular flexibility index (Phi) is 7.18. The predicted molar refractivity (Wildman–Crippen MR) is 65.3 cm³/mol. The van der Waals surface area contributed by atoms with Crippen molar-refractivity contribution in [2.24, 2.45) is 0 Å². The van der Waals surface area contributed by atoms with E-state index < -0.39 is 6.48 Å². The molecule has 0 heterocycles. The van der Waals surface area contributed by atoms with E-state index in [1.54, 1.807) is 0 Å². The minimum atomic E-state index is -0.733. The summed E-state index contributed by atoms with van der Waals surface area (Å²) in [6.07, 6.45) is 5.57. The van der Waals surface area contributed by atoms with E-state index in [0.717, 1.165) is 17.3 Å². The highest BCUT2D eigenvalue weighted by Gasteiger charge is 2.13. The van der Waals surface area contributed by atoms with E-state index >= 15 is 0 Å². The number of hydrogen-bond donors (Lipinski definition) is 0. The number of allylic oxidation sites excluding steroid dienone is 6. The summed E-state index contributed by atoms with van der Waals surface area (Å²) in [5, 5.41) is 0. The molecule has 0 aliphatic rings. The molecule has 0 radical (unpaired) electrons. The van der Waals surface area contributed by atoms with Gasteiger partial charge >= 0.3 is 6.48 Å². The zero-order valence-electron chi connectivity index (χ0n) is 11.0. The Morgan fingerprint density at radius 2 is 0.938 bits per heavy atom. The van der Waals surface area contributed by atoms with Crippen molar-refractivity contribution < 1.29 is 14.2 Å². The van der Waals surface area contributed by atoms with Gasteiger partial charge < -0.3 is 14.2 Å². The largest absolute Gasteiger partial charge is 0.428 e. The SMILES string of the molecule is C/C=C(\C)OC(O/C(C)=C/C)O/C(C)=C/C. The summed E-state index contributed by atoms with van der Waals surface area (Å²) in [5.74, 6) is 2.29. The fraction of sp³-hybridized carbons (Fsp3) is 0.538. The molecule has 16 heavy (non-hydrogen) atoms. The molecule has 0 aliphatic heterocycles. The molecular formula is C13H22O3. The zero-order valence-corrected chi connectivity index (χ0v) is 11.0. The van der Waals surface area contributed by atoms with Gasteiger partial charge in [0.1, 0.15) is 0 Å². The third kappa shape index (κ3) is 6.17. The van der Waals surface area contributed by atoms with Gasteiger partial charge in [0.05, 0.1) is 17.3 Å². The Labute approximate surface area is 98.4 Å². The van der Waals surface area contributed by atoms with E-state index in [1.165, 1.54) is 0 Å². The predicted octanol–water partition coefficient (Wildman–Crippen LogP) is 4.09. The van der Waals surface area contributed by atoms with Crippen LogP contribution in [0, 0.1) is 0 Å². The highest BCUT2D eigenvalue weighted by Crippen LogP contribution is 2.13. The van der Waals surface area contributed by atoms with E-state index in [9.17, 15) is 0 Å². The third-order valence-corrected chi connectivity index (χ3v) is 2.07. The van der Waals surface area contributed by atoms with Crippen molar-refractivity contribution in [3.63, 3.8) is 0 Å². The van der Waals surface area contributed by atoms with Crippen molar-refractivity contribution in [2.45, 2.75) is 48.0 Å². The van der Waals surface area contributed by atoms with Gasteiger partial charge in [-0.3, -0.25) is 0 Å². The molecule has 0 unspecified atom stereocenters.